The molecule has 9 nitrogen and oxygen atoms in total. The van der Waals surface area contributed by atoms with Crippen LogP contribution in [0.25, 0.3) is 0 Å². The average molecular weight is 525 g/mol. The van der Waals surface area contributed by atoms with Gasteiger partial charge >= 0.3 is 10.1 Å². The number of rotatable bonds is 10. The molecule has 1 heterocycles. The quantitative estimate of drug-likeness (QED) is 0.440. The lowest BCUT2D eigenvalue weighted by molar-refractivity contribution is -0.136. The van der Waals surface area contributed by atoms with Crippen molar-refractivity contribution in [3.63, 3.8) is 0 Å². The van der Waals surface area contributed by atoms with Gasteiger partial charge in [0.1, 0.15) is 15.5 Å². The Morgan fingerprint density at radius 2 is 1.66 bits per heavy atom. The molecule has 0 saturated carbocycles. The Hall–Kier alpha value is -2.47. The smallest absolute Gasteiger partial charge is 0.340 e. The normalized spacial score (nSPS) is 16.6. The SMILES string of the molecule is CC(C)C(=O)N(Cc1ccc(OS(=O)(=O)c2ccccc2S(=O)(=O)N(C)C)cc1)C[C@@H]1CCCO1. The van der Waals surface area contributed by atoms with Gasteiger partial charge in [-0.15, -0.1) is 0 Å². The van der Waals surface area contributed by atoms with Crippen LogP contribution in [0.5, 0.6) is 5.75 Å². The van der Waals surface area contributed by atoms with Gasteiger partial charge in [0.15, 0.2) is 0 Å². The zero-order valence-corrected chi connectivity index (χ0v) is 22.0. The topological polar surface area (TPSA) is 110 Å². The molecule has 0 spiro atoms. The third kappa shape index (κ3) is 6.60. The Balaban J connectivity index is 1.78. The largest absolute Gasteiger partial charge is 0.379 e. The molecule has 1 saturated heterocycles. The number of amides is 1. The summed E-state index contributed by atoms with van der Waals surface area (Å²) in [5.74, 6) is -0.114. The number of hydrogen-bond acceptors (Lipinski definition) is 7. The lowest BCUT2D eigenvalue weighted by atomic mass is 10.1. The van der Waals surface area contributed by atoms with Crippen molar-refractivity contribution in [2.45, 2.75) is 49.1 Å². The molecule has 11 heteroatoms. The molecule has 3 rings (SSSR count). The van der Waals surface area contributed by atoms with Crippen LogP contribution in [0, 0.1) is 5.92 Å². The first-order valence-electron chi connectivity index (χ1n) is 11.4. The Kier molecular flexibility index (Phi) is 8.58. The summed E-state index contributed by atoms with van der Waals surface area (Å²) < 4.78 is 62.9. The number of nitrogens with zero attached hydrogens (tertiary/aromatic N) is 2. The molecule has 1 fully saturated rings. The molecule has 1 aliphatic rings. The maximum absolute atomic E-state index is 12.9. The zero-order valence-electron chi connectivity index (χ0n) is 20.4. The molecule has 1 aliphatic heterocycles. The minimum atomic E-state index is -4.42. The molecule has 0 aromatic heterocycles. The van der Waals surface area contributed by atoms with Crippen molar-refractivity contribution in [2.24, 2.45) is 5.92 Å². The van der Waals surface area contributed by atoms with Gasteiger partial charge in [-0.2, -0.15) is 8.42 Å². The highest BCUT2D eigenvalue weighted by atomic mass is 32.2. The maximum Gasteiger partial charge on any atom is 0.340 e. The molecule has 2 aromatic carbocycles. The number of carbonyl (C=O) groups is 1. The van der Waals surface area contributed by atoms with E-state index >= 15 is 0 Å². The third-order valence-corrected chi connectivity index (χ3v) is 8.94. The Morgan fingerprint density at radius 1 is 1.03 bits per heavy atom. The number of benzene rings is 2. The van der Waals surface area contributed by atoms with Gasteiger partial charge < -0.3 is 13.8 Å². The average Bonchev–Trinajstić information content (AvgIpc) is 3.32. The van der Waals surface area contributed by atoms with E-state index in [9.17, 15) is 21.6 Å². The van der Waals surface area contributed by atoms with Gasteiger partial charge in [-0.25, -0.2) is 12.7 Å². The van der Waals surface area contributed by atoms with Crippen LogP contribution in [-0.2, 0) is 36.2 Å². The second-order valence-corrected chi connectivity index (χ2v) is 12.6. The standard InChI is InChI=1S/C24H32N2O7S2/c1-18(2)24(27)26(17-21-8-7-15-32-21)16-19-11-13-20(14-12-19)33-35(30,31)23-10-6-5-9-22(23)34(28,29)25(3)4/h5-6,9-14,18,21H,7-8,15-17H2,1-4H3/t21-/m0/s1. The molecule has 0 N–H and O–H groups in total. The fourth-order valence-corrected chi connectivity index (χ4v) is 6.34. The molecule has 2 aromatic rings. The van der Waals surface area contributed by atoms with Crippen LogP contribution in [0.2, 0.25) is 0 Å². The summed E-state index contributed by atoms with van der Waals surface area (Å²) in [7, 11) is -5.78. The van der Waals surface area contributed by atoms with E-state index in [0.717, 1.165) is 22.7 Å². The Bertz CT molecular complexity index is 1230. The van der Waals surface area contributed by atoms with E-state index < -0.39 is 25.0 Å². The summed E-state index contributed by atoms with van der Waals surface area (Å²) in [6, 6.07) is 11.6. The van der Waals surface area contributed by atoms with E-state index in [1.54, 1.807) is 17.0 Å². The van der Waals surface area contributed by atoms with Crippen molar-refractivity contribution >= 4 is 26.0 Å². The van der Waals surface area contributed by atoms with Crippen molar-refractivity contribution in [2.75, 3.05) is 27.2 Å². The van der Waals surface area contributed by atoms with Gasteiger partial charge in [0.05, 0.1) is 6.10 Å². The predicted octanol–water partition coefficient (Wildman–Crippen LogP) is 2.87. The Labute approximate surface area is 207 Å². The summed E-state index contributed by atoms with van der Waals surface area (Å²) in [6.07, 6.45) is 1.91. The fourth-order valence-electron chi connectivity index (χ4n) is 3.74. The first kappa shape index (κ1) is 27.1. The predicted molar refractivity (Wildman–Crippen MR) is 131 cm³/mol. The van der Waals surface area contributed by atoms with Crippen molar-refractivity contribution in [3.8, 4) is 5.75 Å². The van der Waals surface area contributed by atoms with Gasteiger partial charge in [0.2, 0.25) is 15.9 Å². The molecule has 0 radical (unpaired) electrons. The summed E-state index contributed by atoms with van der Waals surface area (Å²) in [5, 5.41) is 0. The highest BCUT2D eigenvalue weighted by Crippen LogP contribution is 2.27. The van der Waals surface area contributed by atoms with Crippen LogP contribution in [0.15, 0.2) is 58.3 Å². The number of hydrogen-bond donors (Lipinski definition) is 0. The first-order valence-corrected chi connectivity index (χ1v) is 14.2. The summed E-state index contributed by atoms with van der Waals surface area (Å²) in [6.45, 7) is 5.25. The number of carbonyl (C=O) groups excluding carboxylic acids is 1. The van der Waals surface area contributed by atoms with Crippen LogP contribution in [-0.4, -0.2) is 65.3 Å². The van der Waals surface area contributed by atoms with Crippen molar-refractivity contribution in [3.05, 3.63) is 54.1 Å². The van der Waals surface area contributed by atoms with E-state index in [1.807, 2.05) is 13.8 Å². The third-order valence-electron chi connectivity index (χ3n) is 5.63. The molecule has 0 bridgehead atoms. The van der Waals surface area contributed by atoms with Gasteiger partial charge in [-0.05, 0) is 42.7 Å². The van der Waals surface area contributed by atoms with Crippen molar-refractivity contribution in [1.82, 2.24) is 9.21 Å². The lowest BCUT2D eigenvalue weighted by Gasteiger charge is -2.27. The van der Waals surface area contributed by atoms with Crippen molar-refractivity contribution < 1.29 is 30.6 Å². The highest BCUT2D eigenvalue weighted by Gasteiger charge is 2.29. The molecule has 0 unspecified atom stereocenters. The minimum absolute atomic E-state index is 0.0158. The second kappa shape index (κ2) is 11.1. The summed E-state index contributed by atoms with van der Waals surface area (Å²) >= 11 is 0. The van der Waals surface area contributed by atoms with Crippen LogP contribution in [0.4, 0.5) is 0 Å². The minimum Gasteiger partial charge on any atom is -0.379 e. The maximum atomic E-state index is 12.9. The summed E-state index contributed by atoms with van der Waals surface area (Å²) in [4.78, 5) is 13.7. The van der Waals surface area contributed by atoms with E-state index in [-0.39, 0.29) is 28.6 Å². The number of ether oxygens (including phenoxy) is 1. The zero-order chi connectivity index (χ0) is 25.8. The first-order chi connectivity index (χ1) is 16.4. The summed E-state index contributed by atoms with van der Waals surface area (Å²) in [5.41, 5.74) is 0.803. The molecule has 1 atom stereocenters. The van der Waals surface area contributed by atoms with Crippen LogP contribution in [0.3, 0.4) is 0 Å². The van der Waals surface area contributed by atoms with E-state index in [1.165, 1.54) is 50.5 Å². The molecule has 1 amide bonds. The molecule has 192 valence electrons. The lowest BCUT2D eigenvalue weighted by Crippen LogP contribution is -2.39. The molecule has 0 aliphatic carbocycles. The van der Waals surface area contributed by atoms with Gasteiger partial charge in [0.25, 0.3) is 0 Å². The van der Waals surface area contributed by atoms with Gasteiger partial charge in [-0.1, -0.05) is 38.1 Å². The molecular weight excluding hydrogens is 492 g/mol. The highest BCUT2D eigenvalue weighted by molar-refractivity contribution is 7.91. The second-order valence-electron chi connectivity index (χ2n) is 8.92. The van der Waals surface area contributed by atoms with Crippen LogP contribution >= 0.6 is 0 Å². The van der Waals surface area contributed by atoms with E-state index in [4.69, 9.17) is 8.92 Å². The van der Waals surface area contributed by atoms with E-state index in [2.05, 4.69) is 0 Å². The molecular formula is C24H32N2O7S2. The Morgan fingerprint density at radius 3 is 2.20 bits per heavy atom. The van der Waals surface area contributed by atoms with E-state index in [0.29, 0.717) is 19.7 Å². The van der Waals surface area contributed by atoms with Gasteiger partial charge in [-0.3, -0.25) is 4.79 Å². The van der Waals surface area contributed by atoms with Gasteiger partial charge in [0, 0.05) is 39.7 Å². The molecule has 35 heavy (non-hydrogen) atoms. The van der Waals surface area contributed by atoms with Crippen LogP contribution in [0.1, 0.15) is 32.3 Å². The number of sulfonamides is 1. The van der Waals surface area contributed by atoms with Crippen molar-refractivity contribution in [1.29, 1.82) is 0 Å². The van der Waals surface area contributed by atoms with Crippen LogP contribution < -0.4 is 4.18 Å². The fraction of sp³-hybridized carbons (Fsp3) is 0.458. The monoisotopic (exact) mass is 524 g/mol.